The molecule has 0 unspecified atom stereocenters. The van der Waals surface area contributed by atoms with E-state index < -0.39 is 0 Å². The lowest BCUT2D eigenvalue weighted by molar-refractivity contribution is 0.434. The zero-order valence-corrected chi connectivity index (χ0v) is 8.66. The number of nitriles is 1. The Labute approximate surface area is 96.9 Å². The Kier molecular flexibility index (Phi) is 2.75. The molecule has 0 aliphatic heterocycles. The zero-order valence-electron chi connectivity index (χ0n) is 8.66. The highest BCUT2D eigenvalue weighted by Crippen LogP contribution is 2.32. The van der Waals surface area contributed by atoms with Crippen LogP contribution in [0.2, 0.25) is 0 Å². The summed E-state index contributed by atoms with van der Waals surface area (Å²) in [6.45, 7) is 0. The molecule has 1 aromatic heterocycles. The van der Waals surface area contributed by atoms with Gasteiger partial charge >= 0.3 is 6.01 Å². The molecule has 17 heavy (non-hydrogen) atoms. The lowest BCUT2D eigenvalue weighted by Gasteiger charge is -2.07. The van der Waals surface area contributed by atoms with Gasteiger partial charge in [-0.2, -0.15) is 10.2 Å². The third kappa shape index (κ3) is 2.23. The number of anilines is 1. The van der Waals surface area contributed by atoms with E-state index in [0.717, 1.165) is 0 Å². The molecule has 0 bridgehead atoms. The highest BCUT2D eigenvalue weighted by Gasteiger charge is 2.08. The first-order chi connectivity index (χ1) is 8.20. The number of phenols is 1. The number of hydrogen-bond donors (Lipinski definition) is 2. The van der Waals surface area contributed by atoms with E-state index in [1.165, 1.54) is 18.3 Å². The van der Waals surface area contributed by atoms with Crippen LogP contribution in [-0.4, -0.2) is 15.1 Å². The van der Waals surface area contributed by atoms with Gasteiger partial charge in [-0.25, -0.2) is 4.98 Å². The van der Waals surface area contributed by atoms with Gasteiger partial charge in [0.15, 0.2) is 5.75 Å². The Hall–Kier alpha value is -2.81. The van der Waals surface area contributed by atoms with Gasteiger partial charge in [-0.05, 0) is 18.2 Å². The van der Waals surface area contributed by atoms with Crippen LogP contribution in [0.5, 0.6) is 17.5 Å². The number of benzene rings is 1. The summed E-state index contributed by atoms with van der Waals surface area (Å²) in [6.07, 6.45) is 1.40. The number of hydrogen-bond acceptors (Lipinski definition) is 6. The summed E-state index contributed by atoms with van der Waals surface area (Å²) in [5.41, 5.74) is 5.89. The summed E-state index contributed by atoms with van der Waals surface area (Å²) < 4.78 is 5.27. The average molecular weight is 228 g/mol. The van der Waals surface area contributed by atoms with Gasteiger partial charge in [0.25, 0.3) is 0 Å². The van der Waals surface area contributed by atoms with Gasteiger partial charge in [0.1, 0.15) is 23.2 Å². The minimum Gasteiger partial charge on any atom is -0.506 e. The van der Waals surface area contributed by atoms with E-state index in [1.807, 2.05) is 6.07 Å². The second-order valence-corrected chi connectivity index (χ2v) is 3.13. The Morgan fingerprint density at radius 1 is 1.35 bits per heavy atom. The molecule has 0 radical (unpaired) electrons. The molecule has 0 saturated heterocycles. The maximum absolute atomic E-state index is 9.38. The number of aromatic nitrogens is 2. The minimum atomic E-state index is -0.0843. The van der Waals surface area contributed by atoms with E-state index in [9.17, 15) is 5.11 Å². The maximum atomic E-state index is 9.38. The molecule has 3 N–H and O–H groups in total. The average Bonchev–Trinajstić information content (AvgIpc) is 2.35. The summed E-state index contributed by atoms with van der Waals surface area (Å²) in [5, 5.41) is 18.0. The number of nitrogen functional groups attached to an aromatic ring is 1. The molecule has 0 amide bonds. The molecule has 0 saturated carbocycles. The van der Waals surface area contributed by atoms with E-state index in [-0.39, 0.29) is 28.9 Å². The van der Waals surface area contributed by atoms with Crippen molar-refractivity contribution in [1.29, 1.82) is 5.26 Å². The fourth-order valence-electron chi connectivity index (χ4n) is 1.17. The third-order valence-electron chi connectivity index (χ3n) is 1.99. The maximum Gasteiger partial charge on any atom is 0.323 e. The van der Waals surface area contributed by atoms with Crippen LogP contribution >= 0.6 is 0 Å². The molecular formula is C11H8N4O2. The smallest absolute Gasteiger partial charge is 0.323 e. The molecule has 84 valence electrons. The van der Waals surface area contributed by atoms with Crippen molar-refractivity contribution in [3.05, 3.63) is 36.2 Å². The topological polar surface area (TPSA) is 105 Å². The van der Waals surface area contributed by atoms with Gasteiger partial charge in [-0.1, -0.05) is 6.07 Å². The highest BCUT2D eigenvalue weighted by atomic mass is 16.5. The predicted molar refractivity (Wildman–Crippen MR) is 59.3 cm³/mol. The fraction of sp³-hybridized carbons (Fsp3) is 0. The van der Waals surface area contributed by atoms with Gasteiger partial charge in [-0.3, -0.25) is 0 Å². The molecule has 2 aromatic rings. The molecule has 0 aliphatic rings. The standard InChI is InChI=1S/C11H8N4O2/c12-6-7-4-5-14-11(15-7)17-9-3-1-2-8(16)10(9)13/h1-5,16H,13H2. The normalized spacial score (nSPS) is 9.59. The quantitative estimate of drug-likeness (QED) is 0.595. The van der Waals surface area contributed by atoms with E-state index in [2.05, 4.69) is 9.97 Å². The van der Waals surface area contributed by atoms with Crippen molar-refractivity contribution in [3.8, 4) is 23.6 Å². The second kappa shape index (κ2) is 4.37. The van der Waals surface area contributed by atoms with Gasteiger partial charge in [-0.15, -0.1) is 0 Å². The van der Waals surface area contributed by atoms with Crippen molar-refractivity contribution in [1.82, 2.24) is 9.97 Å². The van der Waals surface area contributed by atoms with Gasteiger partial charge < -0.3 is 15.6 Å². The largest absolute Gasteiger partial charge is 0.506 e. The number of nitrogens with zero attached hydrogens (tertiary/aromatic N) is 3. The Bertz CT molecular complexity index is 592. The van der Waals surface area contributed by atoms with Crippen molar-refractivity contribution in [2.75, 3.05) is 5.73 Å². The molecular weight excluding hydrogens is 220 g/mol. The lowest BCUT2D eigenvalue weighted by atomic mass is 10.3. The first-order valence-corrected chi connectivity index (χ1v) is 4.69. The summed E-state index contributed by atoms with van der Waals surface area (Å²) in [7, 11) is 0. The second-order valence-electron chi connectivity index (χ2n) is 3.13. The van der Waals surface area contributed by atoms with Crippen molar-refractivity contribution in [2.45, 2.75) is 0 Å². The van der Waals surface area contributed by atoms with Crippen LogP contribution in [0, 0.1) is 11.3 Å². The zero-order chi connectivity index (χ0) is 12.3. The van der Waals surface area contributed by atoms with Gasteiger partial charge in [0, 0.05) is 6.20 Å². The number of nitrogens with two attached hydrogens (primary N) is 1. The molecule has 0 fully saturated rings. The van der Waals surface area contributed by atoms with Crippen molar-refractivity contribution in [3.63, 3.8) is 0 Å². The first kappa shape index (κ1) is 10.7. The van der Waals surface area contributed by atoms with E-state index >= 15 is 0 Å². The molecule has 6 nitrogen and oxygen atoms in total. The molecule has 0 atom stereocenters. The molecule has 1 aromatic carbocycles. The number of phenolic OH excluding ortho intramolecular Hbond substituents is 1. The minimum absolute atomic E-state index is 0.00125. The number of ether oxygens (including phenoxy) is 1. The monoisotopic (exact) mass is 228 g/mol. The van der Waals surface area contributed by atoms with Crippen LogP contribution in [0.1, 0.15) is 5.69 Å². The van der Waals surface area contributed by atoms with E-state index in [1.54, 1.807) is 12.1 Å². The summed E-state index contributed by atoms with van der Waals surface area (Å²) in [4.78, 5) is 7.66. The fourth-order valence-corrected chi connectivity index (χ4v) is 1.17. The van der Waals surface area contributed by atoms with E-state index in [0.29, 0.717) is 0 Å². The summed E-state index contributed by atoms with van der Waals surface area (Å²) in [5.74, 6) is 0.152. The molecule has 6 heteroatoms. The summed E-state index contributed by atoms with van der Waals surface area (Å²) in [6, 6.07) is 7.91. The Morgan fingerprint density at radius 3 is 2.94 bits per heavy atom. The Balaban J connectivity index is 2.32. The molecule has 0 aliphatic carbocycles. The van der Waals surface area contributed by atoms with Crippen LogP contribution in [0.4, 0.5) is 5.69 Å². The number of para-hydroxylation sites is 1. The predicted octanol–water partition coefficient (Wildman–Crippen LogP) is 1.43. The Morgan fingerprint density at radius 2 is 2.18 bits per heavy atom. The first-order valence-electron chi connectivity index (χ1n) is 4.69. The molecule has 1 heterocycles. The molecule has 2 rings (SSSR count). The van der Waals surface area contributed by atoms with Crippen LogP contribution in [-0.2, 0) is 0 Å². The SMILES string of the molecule is N#Cc1ccnc(Oc2cccc(O)c2N)n1. The van der Waals surface area contributed by atoms with Crippen LogP contribution in [0.25, 0.3) is 0 Å². The van der Waals surface area contributed by atoms with Crippen LogP contribution in [0.3, 0.4) is 0 Å². The van der Waals surface area contributed by atoms with Gasteiger partial charge in [0.2, 0.25) is 0 Å². The van der Waals surface area contributed by atoms with E-state index in [4.69, 9.17) is 15.7 Å². The number of rotatable bonds is 2. The number of aromatic hydroxyl groups is 1. The molecule has 0 spiro atoms. The van der Waals surface area contributed by atoms with Crippen molar-refractivity contribution in [2.24, 2.45) is 0 Å². The van der Waals surface area contributed by atoms with Crippen LogP contribution < -0.4 is 10.5 Å². The summed E-state index contributed by atoms with van der Waals surface area (Å²) >= 11 is 0. The van der Waals surface area contributed by atoms with Gasteiger partial charge in [0.05, 0.1) is 0 Å². The van der Waals surface area contributed by atoms with Crippen molar-refractivity contribution >= 4 is 5.69 Å². The highest BCUT2D eigenvalue weighted by molar-refractivity contribution is 5.62. The van der Waals surface area contributed by atoms with Crippen molar-refractivity contribution < 1.29 is 9.84 Å². The van der Waals surface area contributed by atoms with Crippen LogP contribution in [0.15, 0.2) is 30.5 Å². The lowest BCUT2D eigenvalue weighted by Crippen LogP contribution is -1.96. The third-order valence-corrected chi connectivity index (χ3v) is 1.99.